The predicted octanol–water partition coefficient (Wildman–Crippen LogP) is 3.82. The molecule has 0 saturated carbocycles. The predicted molar refractivity (Wildman–Crippen MR) is 86.6 cm³/mol. The van der Waals surface area contributed by atoms with E-state index < -0.39 is 0 Å². The van der Waals surface area contributed by atoms with Gasteiger partial charge in [-0.15, -0.1) is 0 Å². The van der Waals surface area contributed by atoms with E-state index in [0.29, 0.717) is 28.2 Å². The molecule has 22 heavy (non-hydrogen) atoms. The molecule has 0 aromatic heterocycles. The zero-order chi connectivity index (χ0) is 15.7. The van der Waals surface area contributed by atoms with Crippen molar-refractivity contribution in [2.24, 2.45) is 0 Å². The highest BCUT2D eigenvalue weighted by atomic mass is 79.9. The topological polar surface area (TPSA) is 55.8 Å². The first-order valence-electron chi connectivity index (χ1n) is 6.63. The molecule has 0 bridgehead atoms. The van der Waals surface area contributed by atoms with E-state index in [1.807, 2.05) is 6.07 Å². The summed E-state index contributed by atoms with van der Waals surface area (Å²) in [5, 5.41) is 9.80. The number of benzene rings is 2. The summed E-state index contributed by atoms with van der Waals surface area (Å²) >= 11 is 3.36. The lowest BCUT2D eigenvalue weighted by molar-refractivity contribution is 0.100. The third-order valence-electron chi connectivity index (χ3n) is 3.40. The van der Waals surface area contributed by atoms with Crippen molar-refractivity contribution in [3.05, 3.63) is 57.6 Å². The SMILES string of the molecule is COc1ccc(C=C2COc3ccc(Br)cc3C2=O)cc1O. The Kier molecular flexibility index (Phi) is 3.90. The van der Waals surface area contributed by atoms with Crippen LogP contribution in [-0.2, 0) is 0 Å². The van der Waals surface area contributed by atoms with Crippen LogP contribution in [0.25, 0.3) is 6.08 Å². The fourth-order valence-electron chi connectivity index (χ4n) is 2.30. The molecule has 0 amide bonds. The lowest BCUT2D eigenvalue weighted by atomic mass is 9.98. The molecule has 5 heteroatoms. The molecule has 1 heterocycles. The fraction of sp³-hybridized carbons (Fsp3) is 0.118. The van der Waals surface area contributed by atoms with E-state index >= 15 is 0 Å². The molecule has 1 N–H and O–H groups in total. The molecular formula is C17H13BrO4. The molecule has 1 aliphatic heterocycles. The molecule has 112 valence electrons. The van der Waals surface area contributed by atoms with Gasteiger partial charge in [0.15, 0.2) is 17.3 Å². The number of rotatable bonds is 2. The number of Topliss-reactive ketones (excluding diaryl/α,β-unsaturated/α-hetero) is 1. The van der Waals surface area contributed by atoms with Crippen LogP contribution >= 0.6 is 15.9 Å². The number of carbonyl (C=O) groups is 1. The number of phenols is 1. The second kappa shape index (κ2) is 5.85. The number of carbonyl (C=O) groups excluding carboxylic acids is 1. The molecule has 3 rings (SSSR count). The maximum atomic E-state index is 12.5. The van der Waals surface area contributed by atoms with Gasteiger partial charge in [-0.2, -0.15) is 0 Å². The Bertz CT molecular complexity index is 780. The highest BCUT2D eigenvalue weighted by Crippen LogP contribution is 2.32. The smallest absolute Gasteiger partial charge is 0.196 e. The Morgan fingerprint density at radius 2 is 2.09 bits per heavy atom. The molecule has 0 saturated heterocycles. The maximum absolute atomic E-state index is 12.5. The van der Waals surface area contributed by atoms with Gasteiger partial charge in [0.05, 0.1) is 12.7 Å². The van der Waals surface area contributed by atoms with Crippen LogP contribution in [0.5, 0.6) is 17.2 Å². The number of halogens is 1. The third-order valence-corrected chi connectivity index (χ3v) is 3.90. The number of hydrogen-bond donors (Lipinski definition) is 1. The van der Waals surface area contributed by atoms with Crippen molar-refractivity contribution in [3.8, 4) is 17.2 Å². The lowest BCUT2D eigenvalue weighted by Gasteiger charge is -2.19. The first kappa shape index (κ1) is 14.7. The Morgan fingerprint density at radius 1 is 1.27 bits per heavy atom. The molecule has 0 atom stereocenters. The second-order valence-corrected chi connectivity index (χ2v) is 5.77. The summed E-state index contributed by atoms with van der Waals surface area (Å²) in [5.74, 6) is 0.938. The number of methoxy groups -OCH3 is 1. The molecule has 0 radical (unpaired) electrons. The zero-order valence-electron chi connectivity index (χ0n) is 11.8. The quantitative estimate of drug-likeness (QED) is 0.827. The molecule has 0 spiro atoms. The first-order chi connectivity index (χ1) is 10.6. The minimum atomic E-state index is -0.0714. The van der Waals surface area contributed by atoms with Crippen LogP contribution in [0, 0.1) is 0 Å². The van der Waals surface area contributed by atoms with E-state index in [9.17, 15) is 9.90 Å². The summed E-state index contributed by atoms with van der Waals surface area (Å²) in [7, 11) is 1.49. The van der Waals surface area contributed by atoms with Crippen molar-refractivity contribution in [1.29, 1.82) is 0 Å². The van der Waals surface area contributed by atoms with Crippen LogP contribution in [0.4, 0.5) is 0 Å². The van der Waals surface area contributed by atoms with Gasteiger partial charge < -0.3 is 14.6 Å². The second-order valence-electron chi connectivity index (χ2n) is 4.86. The zero-order valence-corrected chi connectivity index (χ0v) is 13.4. The highest BCUT2D eigenvalue weighted by Gasteiger charge is 2.23. The van der Waals surface area contributed by atoms with Crippen LogP contribution in [0.3, 0.4) is 0 Å². The van der Waals surface area contributed by atoms with Crippen LogP contribution in [-0.4, -0.2) is 24.6 Å². The Hall–Kier alpha value is -2.27. The Labute approximate surface area is 136 Å². The third kappa shape index (κ3) is 2.72. The molecule has 2 aromatic carbocycles. The van der Waals surface area contributed by atoms with Crippen molar-refractivity contribution in [2.75, 3.05) is 13.7 Å². The lowest BCUT2D eigenvalue weighted by Crippen LogP contribution is -2.18. The average Bonchev–Trinajstić information content (AvgIpc) is 2.51. The monoisotopic (exact) mass is 360 g/mol. The minimum Gasteiger partial charge on any atom is -0.504 e. The normalized spacial score (nSPS) is 15.4. The first-order valence-corrected chi connectivity index (χ1v) is 7.42. The summed E-state index contributed by atoms with van der Waals surface area (Å²) in [4.78, 5) is 12.5. The van der Waals surface area contributed by atoms with E-state index in [2.05, 4.69) is 15.9 Å². The van der Waals surface area contributed by atoms with Crippen LogP contribution < -0.4 is 9.47 Å². The number of ketones is 1. The molecule has 2 aromatic rings. The average molecular weight is 361 g/mol. The highest BCUT2D eigenvalue weighted by molar-refractivity contribution is 9.10. The molecule has 0 aliphatic carbocycles. The summed E-state index contributed by atoms with van der Waals surface area (Å²) in [6, 6.07) is 10.3. The van der Waals surface area contributed by atoms with E-state index in [0.717, 1.165) is 4.47 Å². The standard InChI is InChI=1S/C17H13BrO4/c1-21-16-4-2-10(7-14(16)19)6-11-9-22-15-5-3-12(18)8-13(15)17(11)20/h2-8,19H,9H2,1H3. The maximum Gasteiger partial charge on any atom is 0.196 e. The minimum absolute atomic E-state index is 0.0316. The molecule has 0 fully saturated rings. The number of fused-ring (bicyclic) bond motifs is 1. The molecular weight excluding hydrogens is 348 g/mol. The van der Waals surface area contributed by atoms with Gasteiger partial charge in [-0.25, -0.2) is 0 Å². The van der Waals surface area contributed by atoms with E-state index in [-0.39, 0.29) is 18.1 Å². The van der Waals surface area contributed by atoms with Crippen LogP contribution in [0.15, 0.2) is 46.4 Å². The van der Waals surface area contributed by atoms with E-state index in [1.165, 1.54) is 7.11 Å². The number of aromatic hydroxyl groups is 1. The van der Waals surface area contributed by atoms with Crippen LogP contribution in [0.1, 0.15) is 15.9 Å². The van der Waals surface area contributed by atoms with Gasteiger partial charge in [-0.1, -0.05) is 22.0 Å². The van der Waals surface area contributed by atoms with Gasteiger partial charge >= 0.3 is 0 Å². The van der Waals surface area contributed by atoms with Crippen molar-refractivity contribution in [1.82, 2.24) is 0 Å². The van der Waals surface area contributed by atoms with Crippen molar-refractivity contribution < 1.29 is 19.4 Å². The summed E-state index contributed by atoms with van der Waals surface area (Å²) < 4.78 is 11.4. The van der Waals surface area contributed by atoms with Gasteiger partial charge in [0.25, 0.3) is 0 Å². The van der Waals surface area contributed by atoms with Crippen molar-refractivity contribution in [2.45, 2.75) is 0 Å². The van der Waals surface area contributed by atoms with Gasteiger partial charge in [0.1, 0.15) is 12.4 Å². The largest absolute Gasteiger partial charge is 0.504 e. The Morgan fingerprint density at radius 3 is 2.82 bits per heavy atom. The van der Waals surface area contributed by atoms with Gasteiger partial charge in [0, 0.05) is 10.0 Å². The fourth-order valence-corrected chi connectivity index (χ4v) is 2.67. The number of phenolic OH excluding ortho intramolecular Hbond substituents is 1. The van der Waals surface area contributed by atoms with Crippen LogP contribution in [0.2, 0.25) is 0 Å². The molecule has 0 unspecified atom stereocenters. The summed E-state index contributed by atoms with van der Waals surface area (Å²) in [6.45, 7) is 0.209. The van der Waals surface area contributed by atoms with Crippen molar-refractivity contribution in [3.63, 3.8) is 0 Å². The van der Waals surface area contributed by atoms with E-state index in [1.54, 1.807) is 36.4 Å². The number of hydrogen-bond acceptors (Lipinski definition) is 4. The van der Waals surface area contributed by atoms with Crippen molar-refractivity contribution >= 4 is 27.8 Å². The van der Waals surface area contributed by atoms with Gasteiger partial charge in [-0.05, 0) is 42.0 Å². The summed E-state index contributed by atoms with van der Waals surface area (Å²) in [5.41, 5.74) is 1.78. The van der Waals surface area contributed by atoms with Gasteiger partial charge in [0.2, 0.25) is 0 Å². The van der Waals surface area contributed by atoms with Gasteiger partial charge in [-0.3, -0.25) is 4.79 Å². The molecule has 1 aliphatic rings. The number of ether oxygens (including phenoxy) is 2. The van der Waals surface area contributed by atoms with E-state index in [4.69, 9.17) is 9.47 Å². The Balaban J connectivity index is 1.96. The summed E-state index contributed by atoms with van der Waals surface area (Å²) in [6.07, 6.45) is 1.71. The molecule has 4 nitrogen and oxygen atoms in total.